The number of imidazole rings is 1. The van der Waals surface area contributed by atoms with Crippen LogP contribution in [0.2, 0.25) is 0 Å². The molecule has 4 rings (SSSR count). The lowest BCUT2D eigenvalue weighted by Crippen LogP contribution is -2.40. The van der Waals surface area contributed by atoms with E-state index in [1.807, 2.05) is 69.3 Å². The van der Waals surface area contributed by atoms with Crippen molar-refractivity contribution in [1.29, 1.82) is 5.26 Å². The van der Waals surface area contributed by atoms with Crippen LogP contribution in [0.1, 0.15) is 38.3 Å². The van der Waals surface area contributed by atoms with Crippen molar-refractivity contribution in [2.24, 2.45) is 0 Å². The van der Waals surface area contributed by atoms with Crippen molar-refractivity contribution in [2.45, 2.75) is 45.4 Å². The molecule has 7 nitrogen and oxygen atoms in total. The van der Waals surface area contributed by atoms with Crippen LogP contribution in [0.25, 0.3) is 11.0 Å². The van der Waals surface area contributed by atoms with E-state index < -0.39 is 11.7 Å². The van der Waals surface area contributed by atoms with E-state index in [4.69, 9.17) is 9.72 Å². The smallest absolute Gasteiger partial charge is 0.407 e. The van der Waals surface area contributed by atoms with E-state index in [1.54, 1.807) is 0 Å². The second kappa shape index (κ2) is 8.31. The standard InChI is InChI=1S/C24H27N5O2/c1-24(2,3)31-23(30)26-19-12-13-28(16-19)22-27-20-10-6-7-11-21(20)29(22)15-18-9-5-4-8-17(18)14-25/h4-11,19H,12-13,15-16H2,1-3H3,(H,26,30). The number of aromatic nitrogens is 2. The number of fused-ring (bicyclic) bond motifs is 1. The fourth-order valence-electron chi connectivity index (χ4n) is 3.93. The SMILES string of the molecule is CC(C)(C)OC(=O)NC1CCN(c2nc3ccccc3n2Cc2ccccc2C#N)C1. The van der Waals surface area contributed by atoms with E-state index >= 15 is 0 Å². The third-order valence-corrected chi connectivity index (χ3v) is 5.29. The average Bonchev–Trinajstić information content (AvgIpc) is 3.32. The summed E-state index contributed by atoms with van der Waals surface area (Å²) in [5, 5.41) is 12.5. The molecular weight excluding hydrogens is 390 g/mol. The van der Waals surface area contributed by atoms with E-state index in [1.165, 1.54) is 0 Å². The Balaban J connectivity index is 1.59. The molecule has 0 aliphatic carbocycles. The van der Waals surface area contributed by atoms with Crippen molar-refractivity contribution in [3.63, 3.8) is 0 Å². The summed E-state index contributed by atoms with van der Waals surface area (Å²) in [5.41, 5.74) is 3.03. The molecule has 1 unspecified atom stereocenters. The number of hydrogen-bond donors (Lipinski definition) is 1. The first-order valence-corrected chi connectivity index (χ1v) is 10.5. The molecule has 1 atom stereocenters. The van der Waals surface area contributed by atoms with E-state index in [0.717, 1.165) is 35.5 Å². The Morgan fingerprint density at radius 3 is 2.74 bits per heavy atom. The maximum Gasteiger partial charge on any atom is 0.407 e. The average molecular weight is 418 g/mol. The summed E-state index contributed by atoms with van der Waals surface area (Å²) in [6.45, 7) is 7.56. The van der Waals surface area contributed by atoms with Crippen LogP contribution in [0.15, 0.2) is 48.5 Å². The van der Waals surface area contributed by atoms with Crippen molar-refractivity contribution >= 4 is 23.1 Å². The van der Waals surface area contributed by atoms with Crippen LogP contribution in [0.4, 0.5) is 10.7 Å². The number of ether oxygens (including phenoxy) is 1. The van der Waals surface area contributed by atoms with Crippen molar-refractivity contribution in [2.75, 3.05) is 18.0 Å². The van der Waals surface area contributed by atoms with Gasteiger partial charge in [0.25, 0.3) is 0 Å². The number of alkyl carbamates (subject to hydrolysis) is 1. The predicted molar refractivity (Wildman–Crippen MR) is 120 cm³/mol. The second-order valence-corrected chi connectivity index (χ2v) is 8.83. The topological polar surface area (TPSA) is 83.2 Å². The first-order valence-electron chi connectivity index (χ1n) is 10.5. The zero-order valence-corrected chi connectivity index (χ0v) is 18.1. The number of nitrogens with zero attached hydrogens (tertiary/aromatic N) is 4. The first-order chi connectivity index (χ1) is 14.8. The second-order valence-electron chi connectivity index (χ2n) is 8.83. The fraction of sp³-hybridized carbons (Fsp3) is 0.375. The van der Waals surface area contributed by atoms with Crippen LogP contribution >= 0.6 is 0 Å². The number of nitriles is 1. The molecule has 1 aromatic heterocycles. The van der Waals surface area contributed by atoms with Crippen molar-refractivity contribution in [3.05, 3.63) is 59.7 Å². The van der Waals surface area contributed by atoms with Crippen molar-refractivity contribution < 1.29 is 9.53 Å². The van der Waals surface area contributed by atoms with E-state index in [-0.39, 0.29) is 6.04 Å². The summed E-state index contributed by atoms with van der Waals surface area (Å²) < 4.78 is 7.55. The molecule has 0 bridgehead atoms. The zero-order chi connectivity index (χ0) is 22.0. The van der Waals surface area contributed by atoms with E-state index in [9.17, 15) is 10.1 Å². The maximum atomic E-state index is 12.2. The first kappa shape index (κ1) is 20.7. The number of amides is 1. The lowest BCUT2D eigenvalue weighted by atomic mass is 10.1. The number of para-hydroxylation sites is 2. The van der Waals surface area contributed by atoms with Gasteiger partial charge in [0.1, 0.15) is 5.60 Å². The van der Waals surface area contributed by atoms with Gasteiger partial charge in [0.2, 0.25) is 5.95 Å². The van der Waals surface area contributed by atoms with Gasteiger partial charge in [-0.25, -0.2) is 9.78 Å². The van der Waals surface area contributed by atoms with Crippen LogP contribution in [0.3, 0.4) is 0 Å². The Morgan fingerprint density at radius 1 is 1.23 bits per heavy atom. The molecule has 1 N–H and O–H groups in total. The minimum atomic E-state index is -0.523. The largest absolute Gasteiger partial charge is 0.444 e. The Kier molecular flexibility index (Phi) is 5.55. The molecule has 160 valence electrons. The molecule has 1 aliphatic rings. The Morgan fingerprint density at radius 2 is 1.97 bits per heavy atom. The van der Waals surface area contributed by atoms with Crippen LogP contribution in [0.5, 0.6) is 0 Å². The molecule has 3 aromatic rings. The van der Waals surface area contributed by atoms with Crippen LogP contribution in [-0.4, -0.2) is 40.4 Å². The van der Waals surface area contributed by atoms with Gasteiger partial charge >= 0.3 is 6.09 Å². The van der Waals surface area contributed by atoms with Crippen LogP contribution < -0.4 is 10.2 Å². The zero-order valence-electron chi connectivity index (χ0n) is 18.1. The quantitative estimate of drug-likeness (QED) is 0.692. The lowest BCUT2D eigenvalue weighted by molar-refractivity contribution is 0.0509. The monoisotopic (exact) mass is 417 g/mol. The molecule has 0 saturated carbocycles. The van der Waals surface area contributed by atoms with Gasteiger partial charge in [-0.1, -0.05) is 30.3 Å². The molecular formula is C24H27N5O2. The van der Waals surface area contributed by atoms with Gasteiger partial charge in [-0.2, -0.15) is 5.26 Å². The summed E-state index contributed by atoms with van der Waals surface area (Å²) in [4.78, 5) is 19.2. The number of rotatable bonds is 4. The maximum absolute atomic E-state index is 12.2. The number of anilines is 1. The van der Waals surface area contributed by atoms with Gasteiger partial charge in [-0.3, -0.25) is 0 Å². The highest BCUT2D eigenvalue weighted by Gasteiger charge is 2.29. The normalized spacial score (nSPS) is 16.3. The highest BCUT2D eigenvalue weighted by atomic mass is 16.6. The number of benzene rings is 2. The number of nitrogens with one attached hydrogen (secondary N) is 1. The highest BCUT2D eigenvalue weighted by molar-refractivity contribution is 5.79. The molecule has 0 spiro atoms. The van der Waals surface area contributed by atoms with Crippen molar-refractivity contribution in [3.8, 4) is 6.07 Å². The summed E-state index contributed by atoms with van der Waals surface area (Å²) in [6, 6.07) is 17.9. The predicted octanol–water partition coefficient (Wildman–Crippen LogP) is 4.06. The summed E-state index contributed by atoms with van der Waals surface area (Å²) in [6.07, 6.45) is 0.424. The Hall–Kier alpha value is -3.53. The van der Waals surface area contributed by atoms with Gasteiger partial charge in [0.15, 0.2) is 0 Å². The summed E-state index contributed by atoms with van der Waals surface area (Å²) in [5.74, 6) is 0.849. The molecule has 0 radical (unpaired) electrons. The van der Waals surface area contributed by atoms with E-state index in [2.05, 4.69) is 20.9 Å². The van der Waals surface area contributed by atoms with Gasteiger partial charge < -0.3 is 19.5 Å². The molecule has 2 heterocycles. The molecule has 1 fully saturated rings. The van der Waals surface area contributed by atoms with Gasteiger partial charge in [0, 0.05) is 13.1 Å². The van der Waals surface area contributed by atoms with E-state index in [0.29, 0.717) is 18.7 Å². The highest BCUT2D eigenvalue weighted by Crippen LogP contribution is 2.27. The molecule has 1 aliphatic heterocycles. The van der Waals surface area contributed by atoms with Gasteiger partial charge in [0.05, 0.1) is 35.3 Å². The Labute approximate surface area is 182 Å². The van der Waals surface area contributed by atoms with Crippen molar-refractivity contribution in [1.82, 2.24) is 14.9 Å². The fourth-order valence-corrected chi connectivity index (χ4v) is 3.93. The number of hydrogen-bond acceptors (Lipinski definition) is 5. The van der Waals surface area contributed by atoms with Gasteiger partial charge in [-0.05, 0) is 51.0 Å². The molecule has 31 heavy (non-hydrogen) atoms. The molecule has 1 amide bonds. The molecule has 7 heteroatoms. The molecule has 1 saturated heterocycles. The van der Waals surface area contributed by atoms with Crippen LogP contribution in [-0.2, 0) is 11.3 Å². The minimum absolute atomic E-state index is 0.00509. The minimum Gasteiger partial charge on any atom is -0.444 e. The van der Waals surface area contributed by atoms with Crippen LogP contribution in [0, 0.1) is 11.3 Å². The number of carbonyl (C=O) groups excluding carboxylic acids is 1. The third kappa shape index (κ3) is 4.64. The van der Waals surface area contributed by atoms with Gasteiger partial charge in [-0.15, -0.1) is 0 Å². The lowest BCUT2D eigenvalue weighted by Gasteiger charge is -2.22. The molecule has 2 aromatic carbocycles. The number of carbonyl (C=O) groups is 1. The third-order valence-electron chi connectivity index (χ3n) is 5.29. The summed E-state index contributed by atoms with van der Waals surface area (Å²) in [7, 11) is 0. The summed E-state index contributed by atoms with van der Waals surface area (Å²) >= 11 is 0. The Bertz CT molecular complexity index is 1140.